The van der Waals surface area contributed by atoms with Gasteiger partial charge in [-0.15, -0.1) is 0 Å². The summed E-state index contributed by atoms with van der Waals surface area (Å²) in [6.45, 7) is 0. The van der Waals surface area contributed by atoms with Gasteiger partial charge in [0.1, 0.15) is 11.1 Å². The number of carboxylic acid groups (broad SMARTS) is 1. The fraction of sp³-hybridized carbons (Fsp3) is 0.231. The molecule has 0 aromatic heterocycles. The van der Waals surface area contributed by atoms with Crippen LogP contribution in [0.2, 0.25) is 0 Å². The summed E-state index contributed by atoms with van der Waals surface area (Å²) in [5, 5.41) is 22.7. The van der Waals surface area contributed by atoms with Gasteiger partial charge in [-0.2, -0.15) is 0 Å². The van der Waals surface area contributed by atoms with Gasteiger partial charge in [0.05, 0.1) is 4.92 Å². The lowest BCUT2D eigenvalue weighted by Crippen LogP contribution is -2.19. The van der Waals surface area contributed by atoms with Crippen LogP contribution in [-0.2, 0) is 4.79 Å². The number of rotatable bonds is 6. The molecule has 7 nitrogen and oxygen atoms in total. The SMILES string of the molecule is O=C(O)C(=CNC1CC1)C(=O)c1ccccc1[N+](=O)[O-]. The van der Waals surface area contributed by atoms with Gasteiger partial charge in [-0.3, -0.25) is 14.9 Å². The van der Waals surface area contributed by atoms with Crippen molar-refractivity contribution in [3.63, 3.8) is 0 Å². The van der Waals surface area contributed by atoms with Crippen molar-refractivity contribution in [1.29, 1.82) is 0 Å². The number of carboxylic acids is 1. The van der Waals surface area contributed by atoms with Gasteiger partial charge >= 0.3 is 5.97 Å². The molecule has 0 bridgehead atoms. The molecular formula is C13H12N2O5. The van der Waals surface area contributed by atoms with Crippen molar-refractivity contribution in [2.45, 2.75) is 18.9 Å². The zero-order valence-corrected chi connectivity index (χ0v) is 10.4. The second-order valence-corrected chi connectivity index (χ2v) is 4.41. The Morgan fingerprint density at radius 1 is 1.35 bits per heavy atom. The Kier molecular flexibility index (Phi) is 3.79. The fourth-order valence-electron chi connectivity index (χ4n) is 1.65. The van der Waals surface area contributed by atoms with E-state index in [1.54, 1.807) is 0 Å². The quantitative estimate of drug-likeness (QED) is 0.203. The van der Waals surface area contributed by atoms with E-state index in [1.165, 1.54) is 24.3 Å². The Balaban J connectivity index is 2.34. The van der Waals surface area contributed by atoms with E-state index >= 15 is 0 Å². The Hall–Kier alpha value is -2.70. The summed E-state index contributed by atoms with van der Waals surface area (Å²) in [4.78, 5) is 33.4. The van der Waals surface area contributed by atoms with Crippen LogP contribution < -0.4 is 5.32 Å². The molecule has 0 amide bonds. The number of aliphatic carboxylic acids is 1. The highest BCUT2D eigenvalue weighted by molar-refractivity contribution is 6.24. The van der Waals surface area contributed by atoms with Crippen LogP contribution in [0.15, 0.2) is 36.0 Å². The van der Waals surface area contributed by atoms with Crippen LogP contribution in [0.5, 0.6) is 0 Å². The minimum Gasteiger partial charge on any atom is -0.477 e. The largest absolute Gasteiger partial charge is 0.477 e. The molecule has 0 saturated heterocycles. The summed E-state index contributed by atoms with van der Waals surface area (Å²) in [7, 11) is 0. The fourth-order valence-corrected chi connectivity index (χ4v) is 1.65. The van der Waals surface area contributed by atoms with Gasteiger partial charge in [-0.05, 0) is 18.9 Å². The predicted octanol–water partition coefficient (Wildman–Crippen LogP) is 1.50. The lowest BCUT2D eigenvalue weighted by Gasteiger charge is -2.04. The summed E-state index contributed by atoms with van der Waals surface area (Å²) in [6, 6.07) is 5.47. The van der Waals surface area contributed by atoms with Gasteiger partial charge in [0.2, 0.25) is 5.78 Å². The first kappa shape index (κ1) is 13.7. The summed E-state index contributed by atoms with van der Waals surface area (Å²) in [5.74, 6) is -2.29. The number of nitrogens with one attached hydrogen (secondary N) is 1. The van der Waals surface area contributed by atoms with Gasteiger partial charge in [0, 0.05) is 18.3 Å². The van der Waals surface area contributed by atoms with Gasteiger partial charge in [0.15, 0.2) is 0 Å². The summed E-state index contributed by atoms with van der Waals surface area (Å²) in [5.41, 5.74) is -1.15. The van der Waals surface area contributed by atoms with Gasteiger partial charge < -0.3 is 10.4 Å². The van der Waals surface area contributed by atoms with Crippen molar-refractivity contribution in [2.24, 2.45) is 0 Å². The predicted molar refractivity (Wildman–Crippen MR) is 69.3 cm³/mol. The van der Waals surface area contributed by atoms with E-state index in [-0.39, 0.29) is 11.6 Å². The maximum Gasteiger partial charge on any atom is 0.341 e. The monoisotopic (exact) mass is 276 g/mol. The van der Waals surface area contributed by atoms with Crippen LogP contribution in [0, 0.1) is 10.1 Å². The van der Waals surface area contributed by atoms with E-state index in [1.807, 2.05) is 0 Å². The van der Waals surface area contributed by atoms with Gasteiger partial charge in [0.25, 0.3) is 5.69 Å². The van der Waals surface area contributed by atoms with Crippen LogP contribution in [0.4, 0.5) is 5.69 Å². The smallest absolute Gasteiger partial charge is 0.341 e. The normalized spacial score (nSPS) is 14.7. The first-order chi connectivity index (χ1) is 9.50. The average Bonchev–Trinajstić information content (AvgIpc) is 3.22. The van der Waals surface area contributed by atoms with Crippen molar-refractivity contribution in [3.8, 4) is 0 Å². The van der Waals surface area contributed by atoms with E-state index in [0.29, 0.717) is 0 Å². The third-order valence-electron chi connectivity index (χ3n) is 2.86. The molecule has 1 saturated carbocycles. The number of carbonyl (C=O) groups is 2. The molecule has 104 valence electrons. The molecule has 2 N–H and O–H groups in total. The molecule has 0 atom stereocenters. The van der Waals surface area contributed by atoms with Crippen LogP contribution >= 0.6 is 0 Å². The lowest BCUT2D eigenvalue weighted by atomic mass is 10.0. The second-order valence-electron chi connectivity index (χ2n) is 4.41. The van der Waals surface area contributed by atoms with Crippen molar-refractivity contribution in [2.75, 3.05) is 0 Å². The Morgan fingerprint density at radius 2 is 2.00 bits per heavy atom. The third-order valence-corrected chi connectivity index (χ3v) is 2.86. The molecule has 0 radical (unpaired) electrons. The number of ketones is 1. The standard InChI is InChI=1S/C13H12N2O5/c16-12(9-3-1-2-4-11(9)15(19)20)10(13(17)18)7-14-8-5-6-8/h1-4,7-8,14H,5-6H2,(H,17,18). The summed E-state index contributed by atoms with van der Waals surface area (Å²) in [6.07, 6.45) is 2.96. The molecule has 2 rings (SSSR count). The highest BCUT2D eigenvalue weighted by Crippen LogP contribution is 2.22. The topological polar surface area (TPSA) is 110 Å². The number of Topliss-reactive ketones (excluding diaryl/α,β-unsaturated/α-hetero) is 1. The zero-order valence-electron chi connectivity index (χ0n) is 10.4. The van der Waals surface area contributed by atoms with Gasteiger partial charge in [-0.25, -0.2) is 4.79 Å². The van der Waals surface area contributed by atoms with E-state index < -0.39 is 27.9 Å². The van der Waals surface area contributed by atoms with Gasteiger partial charge in [-0.1, -0.05) is 12.1 Å². The number of para-hydroxylation sites is 1. The van der Waals surface area contributed by atoms with Crippen molar-refractivity contribution in [3.05, 3.63) is 51.7 Å². The highest BCUT2D eigenvalue weighted by atomic mass is 16.6. The molecule has 7 heteroatoms. The number of nitro groups is 1. The van der Waals surface area contributed by atoms with Crippen molar-refractivity contribution >= 4 is 17.4 Å². The molecule has 1 aliphatic carbocycles. The first-order valence-electron chi connectivity index (χ1n) is 5.98. The molecule has 1 fully saturated rings. The van der Waals surface area contributed by atoms with Crippen molar-refractivity contribution in [1.82, 2.24) is 5.32 Å². The van der Waals surface area contributed by atoms with Crippen LogP contribution in [0.3, 0.4) is 0 Å². The minimum absolute atomic E-state index is 0.183. The molecule has 20 heavy (non-hydrogen) atoms. The van der Waals surface area contributed by atoms with E-state index in [4.69, 9.17) is 5.11 Å². The van der Waals surface area contributed by atoms with Crippen LogP contribution in [-0.4, -0.2) is 27.8 Å². The molecule has 0 unspecified atom stereocenters. The molecular weight excluding hydrogens is 264 g/mol. The summed E-state index contributed by atoms with van der Waals surface area (Å²) >= 11 is 0. The van der Waals surface area contributed by atoms with E-state index in [2.05, 4.69) is 5.32 Å². The first-order valence-corrected chi connectivity index (χ1v) is 5.98. The van der Waals surface area contributed by atoms with Crippen LogP contribution in [0.1, 0.15) is 23.2 Å². The molecule has 0 spiro atoms. The molecule has 0 heterocycles. The number of hydrogen-bond donors (Lipinski definition) is 2. The molecule has 0 aliphatic heterocycles. The highest BCUT2D eigenvalue weighted by Gasteiger charge is 2.27. The number of nitrogens with zero attached hydrogens (tertiary/aromatic N) is 1. The number of benzene rings is 1. The summed E-state index contributed by atoms with van der Waals surface area (Å²) < 4.78 is 0. The zero-order chi connectivity index (χ0) is 14.7. The number of hydrogen-bond acceptors (Lipinski definition) is 5. The number of nitro benzene ring substituents is 1. The Bertz CT molecular complexity index is 605. The Morgan fingerprint density at radius 3 is 2.55 bits per heavy atom. The second kappa shape index (κ2) is 5.52. The molecule has 1 aromatic rings. The molecule has 1 aromatic carbocycles. The van der Waals surface area contributed by atoms with Crippen LogP contribution in [0.25, 0.3) is 0 Å². The third kappa shape index (κ3) is 3.00. The lowest BCUT2D eigenvalue weighted by molar-refractivity contribution is -0.385. The average molecular weight is 276 g/mol. The maximum absolute atomic E-state index is 12.2. The minimum atomic E-state index is -1.42. The Labute approximate surface area is 114 Å². The van der Waals surface area contributed by atoms with Crippen molar-refractivity contribution < 1.29 is 19.6 Å². The molecule has 1 aliphatic rings. The number of carbonyl (C=O) groups excluding carboxylic acids is 1. The van der Waals surface area contributed by atoms with E-state index in [9.17, 15) is 19.7 Å². The van der Waals surface area contributed by atoms with E-state index in [0.717, 1.165) is 19.0 Å². The maximum atomic E-state index is 12.2.